The van der Waals surface area contributed by atoms with Gasteiger partial charge in [0, 0.05) is 12.6 Å². The average Bonchev–Trinajstić information content (AvgIpc) is 3.10. The number of halogens is 1. The van der Waals surface area contributed by atoms with Crippen molar-refractivity contribution in [1.82, 2.24) is 10.0 Å². The SMILES string of the molecule is CC.Cc1ccc(Nc2c(C(=O)NOCCO)c3occ(C)c3c(=O)n2C)c(Cl)c1. The molecule has 1 aromatic carbocycles. The molecule has 0 bridgehead atoms. The van der Waals surface area contributed by atoms with Crippen molar-refractivity contribution in [1.29, 1.82) is 0 Å². The summed E-state index contributed by atoms with van der Waals surface area (Å²) in [7, 11) is 1.55. The number of hydrogen-bond donors (Lipinski definition) is 3. The molecule has 0 saturated carbocycles. The molecule has 8 nitrogen and oxygen atoms in total. The van der Waals surface area contributed by atoms with E-state index in [0.29, 0.717) is 21.7 Å². The van der Waals surface area contributed by atoms with Crippen LogP contribution >= 0.6 is 11.6 Å². The van der Waals surface area contributed by atoms with E-state index in [0.717, 1.165) is 5.56 Å². The highest BCUT2D eigenvalue weighted by Crippen LogP contribution is 2.31. The Hall–Kier alpha value is -2.81. The van der Waals surface area contributed by atoms with Gasteiger partial charge in [0.25, 0.3) is 11.5 Å². The summed E-state index contributed by atoms with van der Waals surface area (Å²) in [5, 5.41) is 12.6. The number of carbonyl (C=O) groups is 1. The number of nitrogens with one attached hydrogen (secondary N) is 2. The van der Waals surface area contributed by atoms with Crippen LogP contribution in [0.15, 0.2) is 33.7 Å². The maximum Gasteiger partial charge on any atom is 0.282 e. The standard InChI is InChI=1S/C19H20ClN3O5.C2H6/c1-10-4-5-13(12(20)8-10)21-17-15(18(25)22-28-7-6-24)16-14(11(2)9-27-16)19(26)23(17)3;1-2/h4-5,8-9,21,24H,6-7H2,1-3H3,(H,22,25);1-2H3. The lowest BCUT2D eigenvalue weighted by Gasteiger charge is -2.17. The van der Waals surface area contributed by atoms with Crippen molar-refractivity contribution in [2.45, 2.75) is 27.7 Å². The number of aromatic nitrogens is 1. The van der Waals surface area contributed by atoms with Crippen molar-refractivity contribution in [3.63, 3.8) is 0 Å². The largest absolute Gasteiger partial charge is 0.463 e. The summed E-state index contributed by atoms with van der Waals surface area (Å²) in [4.78, 5) is 30.6. The van der Waals surface area contributed by atoms with Gasteiger partial charge in [-0.15, -0.1) is 0 Å². The summed E-state index contributed by atoms with van der Waals surface area (Å²) in [5.74, 6) is -0.433. The molecule has 0 radical (unpaired) electrons. The highest BCUT2D eigenvalue weighted by atomic mass is 35.5. The van der Waals surface area contributed by atoms with Gasteiger partial charge in [0.1, 0.15) is 11.4 Å². The zero-order valence-corrected chi connectivity index (χ0v) is 18.4. The van der Waals surface area contributed by atoms with Gasteiger partial charge in [-0.25, -0.2) is 5.48 Å². The fraction of sp³-hybridized carbons (Fsp3) is 0.333. The molecule has 162 valence electrons. The minimum absolute atomic E-state index is 0.0790. The second-order valence-corrected chi connectivity index (χ2v) is 6.73. The van der Waals surface area contributed by atoms with E-state index in [9.17, 15) is 9.59 Å². The van der Waals surface area contributed by atoms with E-state index < -0.39 is 5.91 Å². The Morgan fingerprint density at radius 2 is 2.00 bits per heavy atom. The molecule has 3 rings (SSSR count). The average molecular weight is 436 g/mol. The lowest BCUT2D eigenvalue weighted by molar-refractivity contribution is 0.0169. The molecule has 3 N–H and O–H groups in total. The Morgan fingerprint density at radius 3 is 2.63 bits per heavy atom. The van der Waals surface area contributed by atoms with Crippen LogP contribution in [-0.4, -0.2) is 28.8 Å². The predicted molar refractivity (Wildman–Crippen MR) is 118 cm³/mol. The Bertz CT molecular complexity index is 1100. The van der Waals surface area contributed by atoms with Crippen LogP contribution in [0.5, 0.6) is 0 Å². The van der Waals surface area contributed by atoms with E-state index in [4.69, 9.17) is 26.0 Å². The minimum Gasteiger partial charge on any atom is -0.463 e. The van der Waals surface area contributed by atoms with Gasteiger partial charge in [-0.1, -0.05) is 31.5 Å². The number of pyridine rings is 1. The summed E-state index contributed by atoms with van der Waals surface area (Å²) in [6.45, 7) is 7.29. The molecular formula is C21H26ClN3O5. The molecule has 0 atom stereocenters. The monoisotopic (exact) mass is 435 g/mol. The first-order chi connectivity index (χ1) is 14.3. The normalized spacial score (nSPS) is 10.5. The molecule has 1 amide bonds. The number of hydroxylamine groups is 1. The van der Waals surface area contributed by atoms with Gasteiger partial charge in [-0.2, -0.15) is 0 Å². The molecule has 0 fully saturated rings. The van der Waals surface area contributed by atoms with E-state index in [2.05, 4.69) is 10.8 Å². The number of aryl methyl sites for hydroxylation is 2. The number of aliphatic hydroxyl groups excluding tert-OH is 1. The number of carbonyl (C=O) groups excluding carboxylic acids is 1. The van der Waals surface area contributed by atoms with Gasteiger partial charge in [-0.3, -0.25) is 19.0 Å². The highest BCUT2D eigenvalue weighted by Gasteiger charge is 2.25. The van der Waals surface area contributed by atoms with E-state index >= 15 is 0 Å². The summed E-state index contributed by atoms with van der Waals surface area (Å²) < 4.78 is 6.84. The lowest BCUT2D eigenvalue weighted by Crippen LogP contribution is -2.30. The number of nitrogens with zero attached hydrogens (tertiary/aromatic N) is 1. The molecule has 2 aromatic heterocycles. The molecular weight excluding hydrogens is 410 g/mol. The second kappa shape index (κ2) is 10.3. The fourth-order valence-corrected chi connectivity index (χ4v) is 3.14. The van der Waals surface area contributed by atoms with Crippen LogP contribution in [-0.2, 0) is 11.9 Å². The molecule has 0 spiro atoms. The van der Waals surface area contributed by atoms with Gasteiger partial charge in [0.15, 0.2) is 5.58 Å². The number of amides is 1. The topological polar surface area (TPSA) is 106 Å². The van der Waals surface area contributed by atoms with Gasteiger partial charge < -0.3 is 14.8 Å². The van der Waals surface area contributed by atoms with Crippen LogP contribution < -0.4 is 16.4 Å². The maximum atomic E-state index is 12.8. The molecule has 0 aliphatic carbocycles. The van der Waals surface area contributed by atoms with E-state index in [-0.39, 0.29) is 35.7 Å². The highest BCUT2D eigenvalue weighted by molar-refractivity contribution is 6.33. The molecule has 9 heteroatoms. The first-order valence-corrected chi connectivity index (χ1v) is 9.90. The number of hydrogen-bond acceptors (Lipinski definition) is 6. The van der Waals surface area contributed by atoms with Crippen LogP contribution in [0.3, 0.4) is 0 Å². The third-order valence-electron chi connectivity index (χ3n) is 4.26. The second-order valence-electron chi connectivity index (χ2n) is 6.32. The maximum absolute atomic E-state index is 12.8. The van der Waals surface area contributed by atoms with Gasteiger partial charge >= 0.3 is 0 Å². The van der Waals surface area contributed by atoms with Crippen molar-refractivity contribution in [2.24, 2.45) is 7.05 Å². The summed E-state index contributed by atoms with van der Waals surface area (Å²) >= 11 is 6.30. The van der Waals surface area contributed by atoms with E-state index in [1.807, 2.05) is 26.8 Å². The van der Waals surface area contributed by atoms with Crippen LogP contribution in [0.4, 0.5) is 11.5 Å². The van der Waals surface area contributed by atoms with Crippen molar-refractivity contribution in [3.05, 3.63) is 56.5 Å². The van der Waals surface area contributed by atoms with Crippen LogP contribution in [0.1, 0.15) is 35.3 Å². The van der Waals surface area contributed by atoms with Crippen molar-refractivity contribution in [2.75, 3.05) is 18.5 Å². The number of furan rings is 1. The zero-order valence-electron chi connectivity index (χ0n) is 17.6. The Balaban J connectivity index is 0.00000155. The zero-order chi connectivity index (χ0) is 22.4. The van der Waals surface area contributed by atoms with Gasteiger partial charge in [0.2, 0.25) is 0 Å². The molecule has 0 unspecified atom stereocenters. The number of rotatable bonds is 6. The van der Waals surface area contributed by atoms with Crippen LogP contribution in [0, 0.1) is 13.8 Å². The van der Waals surface area contributed by atoms with Gasteiger partial charge in [0.05, 0.1) is 35.6 Å². The van der Waals surface area contributed by atoms with E-state index in [1.165, 1.54) is 10.8 Å². The molecule has 0 aliphatic heterocycles. The molecule has 30 heavy (non-hydrogen) atoms. The Kier molecular flexibility index (Phi) is 8.05. The molecule has 3 aromatic rings. The Morgan fingerprint density at radius 1 is 1.30 bits per heavy atom. The first-order valence-electron chi connectivity index (χ1n) is 9.52. The number of fused-ring (bicyclic) bond motifs is 1. The summed E-state index contributed by atoms with van der Waals surface area (Å²) in [6, 6.07) is 5.37. The van der Waals surface area contributed by atoms with Gasteiger partial charge in [-0.05, 0) is 31.5 Å². The smallest absolute Gasteiger partial charge is 0.282 e. The molecule has 0 aliphatic rings. The minimum atomic E-state index is -0.630. The number of aliphatic hydroxyl groups is 1. The Labute approximate surface area is 179 Å². The third-order valence-corrected chi connectivity index (χ3v) is 4.57. The van der Waals surface area contributed by atoms with Crippen molar-refractivity contribution in [3.8, 4) is 0 Å². The van der Waals surface area contributed by atoms with Crippen molar-refractivity contribution >= 4 is 40.0 Å². The number of anilines is 2. The quantitative estimate of drug-likeness (QED) is 0.401. The van der Waals surface area contributed by atoms with Crippen molar-refractivity contribution < 1.29 is 19.2 Å². The van der Waals surface area contributed by atoms with Crippen LogP contribution in [0.2, 0.25) is 5.02 Å². The number of benzene rings is 1. The first kappa shape index (κ1) is 23.5. The summed E-state index contributed by atoms with van der Waals surface area (Å²) in [6.07, 6.45) is 1.42. The van der Waals surface area contributed by atoms with Crippen LogP contribution in [0.25, 0.3) is 11.0 Å². The summed E-state index contributed by atoms with van der Waals surface area (Å²) in [5.41, 5.74) is 4.25. The lowest BCUT2D eigenvalue weighted by atomic mass is 10.1. The molecule has 2 heterocycles. The van der Waals surface area contributed by atoms with E-state index in [1.54, 1.807) is 26.1 Å². The molecule has 0 saturated heterocycles. The third kappa shape index (κ3) is 4.67. The fourth-order valence-electron chi connectivity index (χ4n) is 2.86. The predicted octanol–water partition coefficient (Wildman–Crippen LogP) is 3.83.